The quantitative estimate of drug-likeness (QED) is 0.265. The molecule has 0 aliphatic carbocycles. The highest BCUT2D eigenvalue weighted by Crippen LogP contribution is 1.93. The Morgan fingerprint density at radius 3 is 2.83 bits per heavy atom. The van der Waals surface area contributed by atoms with Crippen LogP contribution < -0.4 is 4.99 Å². The van der Waals surface area contributed by atoms with Crippen LogP contribution in [0.3, 0.4) is 0 Å². The molecule has 0 fully saturated rings. The summed E-state index contributed by atoms with van der Waals surface area (Å²) < 4.78 is 4.44. The molecule has 66 valence electrons. The lowest BCUT2D eigenvalue weighted by Crippen LogP contribution is -2.67. The van der Waals surface area contributed by atoms with E-state index in [1.165, 1.54) is 7.11 Å². The molecule has 0 aliphatic rings. The molecule has 0 heterocycles. The SMILES string of the molecule is C=C(/C=C\C=[NH+]CC)C(=O)OC. The third-order valence-corrected chi connectivity index (χ3v) is 1.16. The van der Waals surface area contributed by atoms with E-state index in [4.69, 9.17) is 0 Å². The number of methoxy groups -OCH3 is 1. The second kappa shape index (κ2) is 6.34. The predicted molar refractivity (Wildman–Crippen MR) is 47.9 cm³/mol. The first-order chi connectivity index (χ1) is 5.72. The van der Waals surface area contributed by atoms with Gasteiger partial charge in [0.2, 0.25) is 0 Å². The Morgan fingerprint density at radius 1 is 1.67 bits per heavy atom. The predicted octanol–water partition coefficient (Wildman–Crippen LogP) is -0.557. The summed E-state index contributed by atoms with van der Waals surface area (Å²) in [5.41, 5.74) is 0.339. The van der Waals surface area contributed by atoms with Crippen LogP contribution in [0, 0.1) is 0 Å². The highest BCUT2D eigenvalue weighted by Gasteiger charge is 2.00. The summed E-state index contributed by atoms with van der Waals surface area (Å²) in [4.78, 5) is 13.7. The van der Waals surface area contributed by atoms with Crippen molar-refractivity contribution in [1.29, 1.82) is 0 Å². The van der Waals surface area contributed by atoms with Crippen LogP contribution in [-0.4, -0.2) is 25.8 Å². The molecule has 0 radical (unpaired) electrons. The van der Waals surface area contributed by atoms with Gasteiger partial charge in [-0.3, -0.25) is 0 Å². The number of hydrogen-bond donors (Lipinski definition) is 1. The molecular weight excluding hydrogens is 154 g/mol. The summed E-state index contributed by atoms with van der Waals surface area (Å²) in [5.74, 6) is -0.406. The van der Waals surface area contributed by atoms with E-state index >= 15 is 0 Å². The van der Waals surface area contributed by atoms with Crippen molar-refractivity contribution in [3.05, 3.63) is 24.3 Å². The Balaban J connectivity index is 3.91. The van der Waals surface area contributed by atoms with Crippen LogP contribution in [0.5, 0.6) is 0 Å². The molecule has 1 N–H and O–H groups in total. The molecule has 0 unspecified atom stereocenters. The van der Waals surface area contributed by atoms with Crippen LogP contribution in [-0.2, 0) is 9.53 Å². The zero-order valence-corrected chi connectivity index (χ0v) is 7.46. The van der Waals surface area contributed by atoms with E-state index in [2.05, 4.69) is 16.3 Å². The van der Waals surface area contributed by atoms with Crippen molar-refractivity contribution < 1.29 is 14.5 Å². The first-order valence-electron chi connectivity index (χ1n) is 3.72. The fourth-order valence-corrected chi connectivity index (χ4v) is 0.549. The van der Waals surface area contributed by atoms with Gasteiger partial charge in [-0.15, -0.1) is 0 Å². The molecule has 0 aromatic heterocycles. The third kappa shape index (κ3) is 4.44. The molecule has 0 rings (SSSR count). The van der Waals surface area contributed by atoms with Gasteiger partial charge in [-0.05, 0) is 13.0 Å². The van der Waals surface area contributed by atoms with E-state index < -0.39 is 5.97 Å². The lowest BCUT2D eigenvalue weighted by atomic mass is 10.3. The number of ether oxygens (including phenoxy) is 1. The number of hydrogen-bond acceptors (Lipinski definition) is 2. The second-order valence-corrected chi connectivity index (χ2v) is 2.10. The van der Waals surface area contributed by atoms with Gasteiger partial charge in [-0.25, -0.2) is 9.79 Å². The molecule has 0 spiro atoms. The van der Waals surface area contributed by atoms with Crippen LogP contribution >= 0.6 is 0 Å². The molecule has 0 saturated carbocycles. The number of carbonyl (C=O) groups is 1. The van der Waals surface area contributed by atoms with Gasteiger partial charge < -0.3 is 4.74 Å². The van der Waals surface area contributed by atoms with Gasteiger partial charge in [0.15, 0.2) is 6.21 Å². The fraction of sp³-hybridized carbons (Fsp3) is 0.333. The molecule has 0 bridgehead atoms. The minimum Gasteiger partial charge on any atom is -0.465 e. The molecule has 12 heavy (non-hydrogen) atoms. The van der Waals surface area contributed by atoms with Crippen LogP contribution in [0.1, 0.15) is 6.92 Å². The van der Waals surface area contributed by atoms with E-state index in [1.807, 2.05) is 6.92 Å². The average Bonchev–Trinajstić information content (AvgIpc) is 2.10. The van der Waals surface area contributed by atoms with Gasteiger partial charge in [0.1, 0.15) is 6.54 Å². The van der Waals surface area contributed by atoms with Gasteiger partial charge in [0, 0.05) is 6.08 Å². The monoisotopic (exact) mass is 168 g/mol. The Morgan fingerprint density at radius 2 is 2.33 bits per heavy atom. The smallest absolute Gasteiger partial charge is 0.337 e. The number of nitrogens with one attached hydrogen (secondary N) is 1. The van der Waals surface area contributed by atoms with Gasteiger partial charge in [-0.1, -0.05) is 6.58 Å². The van der Waals surface area contributed by atoms with Crippen molar-refractivity contribution in [1.82, 2.24) is 0 Å². The highest BCUT2D eigenvalue weighted by atomic mass is 16.5. The lowest BCUT2D eigenvalue weighted by molar-refractivity contribution is -0.446. The number of rotatable bonds is 4. The largest absolute Gasteiger partial charge is 0.465 e. The van der Waals surface area contributed by atoms with Crippen LogP contribution in [0.25, 0.3) is 0 Å². The number of carbonyl (C=O) groups excluding carboxylic acids is 1. The van der Waals surface area contributed by atoms with E-state index in [0.29, 0.717) is 5.57 Å². The maximum absolute atomic E-state index is 10.8. The summed E-state index contributed by atoms with van der Waals surface area (Å²) in [6.45, 7) is 6.36. The first kappa shape index (κ1) is 10.6. The van der Waals surface area contributed by atoms with Crippen LogP contribution in [0.4, 0.5) is 0 Å². The molecule has 0 aromatic rings. The zero-order valence-electron chi connectivity index (χ0n) is 7.46. The van der Waals surface area contributed by atoms with Crippen LogP contribution in [0.15, 0.2) is 24.3 Å². The van der Waals surface area contributed by atoms with E-state index in [9.17, 15) is 4.79 Å². The minimum absolute atomic E-state index is 0.339. The first-order valence-corrected chi connectivity index (χ1v) is 3.72. The summed E-state index contributed by atoms with van der Waals surface area (Å²) >= 11 is 0. The van der Waals surface area contributed by atoms with Crippen LogP contribution in [0.2, 0.25) is 0 Å². The van der Waals surface area contributed by atoms with E-state index in [0.717, 1.165) is 6.54 Å². The molecular formula is C9H14NO2+. The third-order valence-electron chi connectivity index (χ3n) is 1.16. The summed E-state index contributed by atoms with van der Waals surface area (Å²) in [6.07, 6.45) is 5.05. The summed E-state index contributed by atoms with van der Waals surface area (Å²) in [7, 11) is 1.33. The van der Waals surface area contributed by atoms with Crippen molar-refractivity contribution >= 4 is 12.2 Å². The van der Waals surface area contributed by atoms with Gasteiger partial charge in [0.05, 0.1) is 12.7 Å². The van der Waals surface area contributed by atoms with Crippen molar-refractivity contribution in [2.24, 2.45) is 0 Å². The van der Waals surface area contributed by atoms with Gasteiger partial charge in [0.25, 0.3) is 0 Å². The zero-order chi connectivity index (χ0) is 9.40. The average molecular weight is 168 g/mol. The molecule has 0 saturated heterocycles. The molecule has 0 atom stereocenters. The van der Waals surface area contributed by atoms with E-state index in [1.54, 1.807) is 18.4 Å². The summed E-state index contributed by atoms with van der Waals surface area (Å²) in [6, 6.07) is 0. The lowest BCUT2D eigenvalue weighted by Gasteiger charge is -1.93. The molecule has 0 aliphatic heterocycles. The molecule has 0 amide bonds. The van der Waals surface area contributed by atoms with Crippen molar-refractivity contribution in [3.8, 4) is 0 Å². The normalized spacial score (nSPS) is 10.8. The second-order valence-electron chi connectivity index (χ2n) is 2.10. The topological polar surface area (TPSA) is 40.3 Å². The molecule has 0 aromatic carbocycles. The number of esters is 1. The van der Waals surface area contributed by atoms with Gasteiger partial charge >= 0.3 is 5.97 Å². The Bertz CT molecular complexity index is 217. The summed E-state index contributed by atoms with van der Waals surface area (Å²) in [5, 5.41) is 0. The Hall–Kier alpha value is -1.38. The Kier molecular flexibility index (Phi) is 5.61. The van der Waals surface area contributed by atoms with Crippen molar-refractivity contribution in [2.45, 2.75) is 6.92 Å². The molecule has 3 heteroatoms. The number of allylic oxidation sites excluding steroid dienone is 1. The van der Waals surface area contributed by atoms with Gasteiger partial charge in [-0.2, -0.15) is 0 Å². The fourth-order valence-electron chi connectivity index (χ4n) is 0.549. The van der Waals surface area contributed by atoms with E-state index in [-0.39, 0.29) is 0 Å². The van der Waals surface area contributed by atoms with Crippen molar-refractivity contribution in [3.63, 3.8) is 0 Å². The standard InChI is InChI=1S/C9H13NO2/c1-4-10-7-5-6-8(2)9(11)12-3/h5-7H,2,4H2,1,3H3/p+1/b6-5-,10-7?. The maximum atomic E-state index is 10.8. The molecule has 3 nitrogen and oxygen atoms in total. The Labute approximate surface area is 72.4 Å². The highest BCUT2D eigenvalue weighted by molar-refractivity contribution is 5.91. The maximum Gasteiger partial charge on any atom is 0.337 e. The minimum atomic E-state index is -0.406. The van der Waals surface area contributed by atoms with Crippen molar-refractivity contribution in [2.75, 3.05) is 13.7 Å².